The van der Waals surface area contributed by atoms with Crippen LogP contribution in [0.5, 0.6) is 0 Å². The Bertz CT molecular complexity index is 1350. The molecule has 0 spiro atoms. The van der Waals surface area contributed by atoms with Crippen molar-refractivity contribution in [2.24, 2.45) is 46.3 Å². The fourth-order valence-corrected chi connectivity index (χ4v) is 10.3. The van der Waals surface area contributed by atoms with Crippen LogP contribution in [0.3, 0.4) is 0 Å². The monoisotopic (exact) mass is 676 g/mol. The Morgan fingerprint density at radius 2 is 1.02 bits per heavy atom. The van der Waals surface area contributed by atoms with Gasteiger partial charge in [-0.25, -0.2) is 9.59 Å². The van der Waals surface area contributed by atoms with E-state index in [1.807, 2.05) is 41.5 Å². The number of carboxylic acids is 1. The van der Waals surface area contributed by atoms with E-state index in [9.17, 15) is 28.0 Å². The van der Waals surface area contributed by atoms with Crippen LogP contribution in [-0.4, -0.2) is 46.8 Å². The van der Waals surface area contributed by atoms with Crippen LogP contribution >= 0.6 is 0 Å². The number of allylic oxidation sites excluding steroid dienone is 2. The molecule has 0 aromatic carbocycles. The predicted octanol–water partition coefficient (Wildman–Crippen LogP) is 8.18. The van der Waals surface area contributed by atoms with Crippen molar-refractivity contribution in [3.63, 3.8) is 0 Å². The van der Waals surface area contributed by atoms with Gasteiger partial charge < -0.3 is 19.3 Å². The highest BCUT2D eigenvalue weighted by Gasteiger charge is 2.58. The zero-order valence-corrected chi connectivity index (χ0v) is 29.7. The van der Waals surface area contributed by atoms with Gasteiger partial charge in [0.15, 0.2) is 0 Å². The number of hydrogen-bond donors (Lipinski definition) is 1. The van der Waals surface area contributed by atoms with E-state index in [4.69, 9.17) is 19.3 Å². The summed E-state index contributed by atoms with van der Waals surface area (Å²) in [6, 6.07) is 0. The molecule has 0 amide bonds. The van der Waals surface area contributed by atoms with Crippen LogP contribution in [0.15, 0.2) is 22.8 Å². The number of halogens is 2. The van der Waals surface area contributed by atoms with Crippen LogP contribution in [0.4, 0.5) is 8.78 Å². The van der Waals surface area contributed by atoms with Gasteiger partial charge in [-0.05, 0) is 129 Å². The number of aliphatic carboxylic acids is 1. The van der Waals surface area contributed by atoms with E-state index in [1.54, 1.807) is 6.92 Å². The zero-order chi connectivity index (χ0) is 35.4. The molecule has 0 heterocycles. The molecule has 1 N–H and O–H groups in total. The van der Waals surface area contributed by atoms with Crippen LogP contribution in [-0.2, 0) is 33.4 Å². The van der Waals surface area contributed by atoms with Gasteiger partial charge >= 0.3 is 23.9 Å². The van der Waals surface area contributed by atoms with E-state index < -0.39 is 34.8 Å². The summed E-state index contributed by atoms with van der Waals surface area (Å²) in [7, 11) is 0. The number of esters is 3. The maximum Gasteiger partial charge on any atom is 0.367 e. The highest BCUT2D eigenvalue weighted by atomic mass is 19.1. The van der Waals surface area contributed by atoms with Gasteiger partial charge in [0, 0.05) is 0 Å². The highest BCUT2D eigenvalue weighted by molar-refractivity contribution is 5.87. The minimum atomic E-state index is -1.47. The second kappa shape index (κ2) is 13.2. The normalized spacial score (nSPS) is 34.3. The molecular weight excluding hydrogens is 622 g/mol. The molecule has 8 aliphatic carbocycles. The first-order chi connectivity index (χ1) is 22.2. The molecule has 48 heavy (non-hydrogen) atoms. The molecule has 0 aromatic heterocycles. The van der Waals surface area contributed by atoms with Gasteiger partial charge in [0.25, 0.3) is 0 Å². The van der Waals surface area contributed by atoms with Crippen molar-refractivity contribution >= 4 is 23.9 Å². The van der Waals surface area contributed by atoms with E-state index >= 15 is 0 Å². The van der Waals surface area contributed by atoms with Gasteiger partial charge in [-0.1, -0.05) is 41.5 Å². The highest BCUT2D eigenvalue weighted by Crippen LogP contribution is 2.61. The van der Waals surface area contributed by atoms with Gasteiger partial charge in [0.2, 0.25) is 11.7 Å². The number of carbonyl (C=O) groups excluding carboxylic acids is 3. The molecule has 4 atom stereocenters. The summed E-state index contributed by atoms with van der Waals surface area (Å²) in [5.41, 5.74) is -0.105. The molecule has 8 saturated carbocycles. The lowest BCUT2D eigenvalue weighted by Gasteiger charge is -2.56. The van der Waals surface area contributed by atoms with Crippen molar-refractivity contribution < 1.29 is 47.3 Å². The standard InChI is InChI=1S/C20H29FO4.C18H25FO4/c1-5-24-18(23)17(21)16-13-6-12-7-14(16)10-20(8-12,9-13)25-15(22)11-19(2,3)4;1-17(2,3)9-13(20)23-18-6-10-4-11(7-18)14(12(5-10)8-18)15(19)16(21)22/h12-14H,5-11H2,1-4H3;10-12H,4-9H2,1-3H3,(H,21,22). The largest absolute Gasteiger partial charge is 0.476 e. The van der Waals surface area contributed by atoms with Crippen molar-refractivity contribution in [1.29, 1.82) is 0 Å². The molecule has 268 valence electrons. The Morgan fingerprint density at radius 3 is 1.33 bits per heavy atom. The first kappa shape index (κ1) is 36.5. The third kappa shape index (κ3) is 7.99. The molecule has 0 radical (unpaired) electrons. The Labute approximate surface area is 283 Å². The van der Waals surface area contributed by atoms with Gasteiger partial charge in [-0.3, -0.25) is 9.59 Å². The average molecular weight is 677 g/mol. The molecule has 10 heteroatoms. The van der Waals surface area contributed by atoms with Crippen LogP contribution in [0.2, 0.25) is 0 Å². The zero-order valence-electron chi connectivity index (χ0n) is 29.7. The smallest absolute Gasteiger partial charge is 0.367 e. The molecule has 4 unspecified atom stereocenters. The number of carboxylic acid groups (broad SMARTS) is 1. The summed E-state index contributed by atoms with van der Waals surface area (Å²) in [6.07, 6.45) is 8.32. The lowest BCUT2D eigenvalue weighted by atomic mass is 9.52. The number of carbonyl (C=O) groups is 4. The van der Waals surface area contributed by atoms with E-state index in [2.05, 4.69) is 0 Å². The summed E-state index contributed by atoms with van der Waals surface area (Å²) < 4.78 is 45.4. The van der Waals surface area contributed by atoms with Crippen molar-refractivity contribution in [3.05, 3.63) is 22.8 Å². The van der Waals surface area contributed by atoms with Gasteiger partial charge in [-0.2, -0.15) is 8.78 Å². The second-order valence-electron chi connectivity index (χ2n) is 18.0. The Hall–Kier alpha value is -2.78. The average Bonchev–Trinajstić information content (AvgIpc) is 2.89. The van der Waals surface area contributed by atoms with Gasteiger partial charge in [-0.15, -0.1) is 0 Å². The number of rotatable bonds is 7. The maximum atomic E-state index is 14.6. The van der Waals surface area contributed by atoms with Crippen LogP contribution < -0.4 is 0 Å². The topological polar surface area (TPSA) is 116 Å². The van der Waals surface area contributed by atoms with Crippen molar-refractivity contribution in [2.75, 3.05) is 6.61 Å². The van der Waals surface area contributed by atoms with Crippen LogP contribution in [0.1, 0.15) is 126 Å². The summed E-state index contributed by atoms with van der Waals surface area (Å²) in [4.78, 5) is 47.5. The number of hydrogen-bond acceptors (Lipinski definition) is 7. The van der Waals surface area contributed by atoms with E-state index in [-0.39, 0.29) is 53.0 Å². The van der Waals surface area contributed by atoms with E-state index in [1.165, 1.54) is 0 Å². The fourth-order valence-electron chi connectivity index (χ4n) is 10.3. The van der Waals surface area contributed by atoms with Crippen LogP contribution in [0.25, 0.3) is 0 Å². The Kier molecular flexibility index (Phi) is 10.0. The third-order valence-corrected chi connectivity index (χ3v) is 11.2. The number of ether oxygens (including phenoxy) is 3. The quantitative estimate of drug-likeness (QED) is 0.163. The summed E-state index contributed by atoms with van der Waals surface area (Å²) in [5.74, 6) is -3.64. The summed E-state index contributed by atoms with van der Waals surface area (Å²) in [6.45, 7) is 13.9. The molecule has 8 aliphatic rings. The lowest BCUT2D eigenvalue weighted by molar-refractivity contribution is -0.183. The molecule has 0 aliphatic heterocycles. The Morgan fingerprint density at radius 1 is 0.667 bits per heavy atom. The second-order valence-corrected chi connectivity index (χ2v) is 18.0. The molecular formula is C38H54F2O8. The van der Waals surface area contributed by atoms with Crippen molar-refractivity contribution in [1.82, 2.24) is 0 Å². The summed E-state index contributed by atoms with van der Waals surface area (Å²) >= 11 is 0. The third-order valence-electron chi connectivity index (χ3n) is 11.2. The van der Waals surface area contributed by atoms with Gasteiger partial charge in [0.1, 0.15) is 11.2 Å². The fraction of sp³-hybridized carbons (Fsp3) is 0.789. The minimum Gasteiger partial charge on any atom is -0.476 e. The Balaban J connectivity index is 0.000000188. The molecule has 0 saturated heterocycles. The summed E-state index contributed by atoms with van der Waals surface area (Å²) in [5, 5.41) is 8.99. The molecule has 8 nitrogen and oxygen atoms in total. The SMILES string of the molecule is CC(C)(C)CC(=O)OC12CC3CC(C1)C(=C(F)C(=O)O)C(C3)C2.CCOC(=O)C(F)=C1C2CC3CC1CC(OC(=O)CC(C)(C)C)(C3)C2. The molecule has 0 aromatic rings. The first-order valence-electron chi connectivity index (χ1n) is 17.8. The maximum absolute atomic E-state index is 14.6. The van der Waals surface area contributed by atoms with Crippen molar-refractivity contribution in [3.8, 4) is 0 Å². The lowest BCUT2D eigenvalue weighted by Crippen LogP contribution is -2.54. The van der Waals surface area contributed by atoms with Crippen molar-refractivity contribution in [2.45, 2.75) is 137 Å². The minimum absolute atomic E-state index is 0.00177. The first-order valence-corrected chi connectivity index (χ1v) is 17.8. The predicted molar refractivity (Wildman–Crippen MR) is 173 cm³/mol. The van der Waals surface area contributed by atoms with E-state index in [0.717, 1.165) is 38.5 Å². The molecule has 8 fully saturated rings. The van der Waals surface area contributed by atoms with E-state index in [0.29, 0.717) is 61.5 Å². The molecule has 8 rings (SSSR count). The van der Waals surface area contributed by atoms with Gasteiger partial charge in [0.05, 0.1) is 19.4 Å². The van der Waals surface area contributed by atoms with Crippen LogP contribution in [0, 0.1) is 46.3 Å². The molecule has 8 bridgehead atoms.